The van der Waals surface area contributed by atoms with E-state index < -0.39 is 0 Å². The molecular formula is C20H25N3O. The minimum atomic E-state index is -0.123. The number of aryl methyl sites for hydroxylation is 1. The van der Waals surface area contributed by atoms with Crippen molar-refractivity contribution in [2.24, 2.45) is 0 Å². The highest BCUT2D eigenvalue weighted by atomic mass is 16.2. The van der Waals surface area contributed by atoms with Crippen LogP contribution in [-0.4, -0.2) is 43.0 Å². The zero-order chi connectivity index (χ0) is 16.9. The summed E-state index contributed by atoms with van der Waals surface area (Å²) in [6.07, 6.45) is 0. The molecule has 1 aliphatic rings. The van der Waals surface area contributed by atoms with Gasteiger partial charge in [-0.25, -0.2) is 0 Å². The predicted molar refractivity (Wildman–Crippen MR) is 99.5 cm³/mol. The minimum absolute atomic E-state index is 0.0671. The molecule has 1 N–H and O–H groups in total. The van der Waals surface area contributed by atoms with Crippen LogP contribution >= 0.6 is 0 Å². The Balaban J connectivity index is 1.56. The van der Waals surface area contributed by atoms with Crippen LogP contribution in [0.15, 0.2) is 54.6 Å². The lowest BCUT2D eigenvalue weighted by Crippen LogP contribution is -2.52. The fraction of sp³-hybridized carbons (Fsp3) is 0.350. The van der Waals surface area contributed by atoms with Crippen LogP contribution in [0.25, 0.3) is 0 Å². The SMILES string of the molecule is Cc1ccccc1NC(=O)C(C)N1CCN(c2ccccc2)CC1. The van der Waals surface area contributed by atoms with Crippen LogP contribution in [0.5, 0.6) is 0 Å². The van der Waals surface area contributed by atoms with Gasteiger partial charge in [0.1, 0.15) is 0 Å². The summed E-state index contributed by atoms with van der Waals surface area (Å²) in [4.78, 5) is 17.2. The van der Waals surface area contributed by atoms with Gasteiger partial charge in [0.2, 0.25) is 5.91 Å². The van der Waals surface area contributed by atoms with Gasteiger partial charge in [-0.05, 0) is 37.6 Å². The topological polar surface area (TPSA) is 35.6 Å². The number of amides is 1. The molecule has 2 aromatic rings. The van der Waals surface area contributed by atoms with Gasteiger partial charge < -0.3 is 10.2 Å². The number of benzene rings is 2. The fourth-order valence-electron chi connectivity index (χ4n) is 3.12. The van der Waals surface area contributed by atoms with Crippen molar-refractivity contribution in [3.05, 3.63) is 60.2 Å². The van der Waals surface area contributed by atoms with Crippen LogP contribution in [0.1, 0.15) is 12.5 Å². The highest BCUT2D eigenvalue weighted by Crippen LogP contribution is 2.18. The maximum atomic E-state index is 12.5. The molecule has 1 atom stereocenters. The van der Waals surface area contributed by atoms with Crippen LogP contribution in [0.4, 0.5) is 11.4 Å². The normalized spacial score (nSPS) is 16.7. The van der Waals surface area contributed by atoms with Crippen molar-refractivity contribution in [2.45, 2.75) is 19.9 Å². The molecule has 0 aliphatic carbocycles. The van der Waals surface area contributed by atoms with Crippen LogP contribution in [0, 0.1) is 6.92 Å². The molecule has 0 spiro atoms. The molecule has 4 heteroatoms. The summed E-state index contributed by atoms with van der Waals surface area (Å²) in [6, 6.07) is 18.2. The second-order valence-corrected chi connectivity index (χ2v) is 6.34. The van der Waals surface area contributed by atoms with Crippen molar-refractivity contribution in [1.29, 1.82) is 0 Å². The molecule has 2 aromatic carbocycles. The first-order chi connectivity index (χ1) is 11.6. The average molecular weight is 323 g/mol. The van der Waals surface area contributed by atoms with Crippen molar-refractivity contribution in [3.8, 4) is 0 Å². The maximum absolute atomic E-state index is 12.5. The first kappa shape index (κ1) is 16.5. The number of nitrogens with zero attached hydrogens (tertiary/aromatic N) is 2. The quantitative estimate of drug-likeness (QED) is 0.939. The number of hydrogen-bond donors (Lipinski definition) is 1. The van der Waals surface area contributed by atoms with Gasteiger partial charge >= 0.3 is 0 Å². The molecule has 24 heavy (non-hydrogen) atoms. The molecule has 1 fully saturated rings. The Morgan fingerprint density at radius 1 is 0.958 bits per heavy atom. The Labute approximate surface area is 144 Å². The molecule has 1 aliphatic heterocycles. The van der Waals surface area contributed by atoms with Crippen LogP contribution in [-0.2, 0) is 4.79 Å². The smallest absolute Gasteiger partial charge is 0.241 e. The van der Waals surface area contributed by atoms with Crippen LogP contribution < -0.4 is 10.2 Å². The third-order valence-corrected chi connectivity index (χ3v) is 4.77. The minimum Gasteiger partial charge on any atom is -0.369 e. The van der Waals surface area contributed by atoms with E-state index in [1.807, 2.05) is 44.2 Å². The molecule has 1 unspecified atom stereocenters. The number of nitrogens with one attached hydrogen (secondary N) is 1. The number of carbonyl (C=O) groups is 1. The first-order valence-electron chi connectivity index (χ1n) is 8.55. The molecule has 1 saturated heterocycles. The van der Waals surface area contributed by atoms with Gasteiger partial charge in [0.05, 0.1) is 6.04 Å². The Hall–Kier alpha value is -2.33. The number of piperazine rings is 1. The second-order valence-electron chi connectivity index (χ2n) is 6.34. The lowest BCUT2D eigenvalue weighted by atomic mass is 10.1. The Morgan fingerprint density at radius 3 is 2.25 bits per heavy atom. The van der Waals surface area contributed by atoms with Crippen LogP contribution in [0.3, 0.4) is 0 Å². The predicted octanol–water partition coefficient (Wildman–Crippen LogP) is 3.14. The van der Waals surface area contributed by atoms with E-state index in [1.54, 1.807) is 0 Å². The summed E-state index contributed by atoms with van der Waals surface area (Å²) >= 11 is 0. The molecule has 0 aromatic heterocycles. The van der Waals surface area contributed by atoms with E-state index in [0.717, 1.165) is 37.4 Å². The van der Waals surface area contributed by atoms with E-state index in [0.29, 0.717) is 0 Å². The van der Waals surface area contributed by atoms with Crippen molar-refractivity contribution >= 4 is 17.3 Å². The maximum Gasteiger partial charge on any atom is 0.241 e. The first-order valence-corrected chi connectivity index (χ1v) is 8.55. The number of para-hydroxylation sites is 2. The second kappa shape index (κ2) is 7.49. The number of carbonyl (C=O) groups excluding carboxylic acids is 1. The van der Waals surface area contributed by atoms with E-state index >= 15 is 0 Å². The van der Waals surface area contributed by atoms with Gasteiger partial charge in [0, 0.05) is 37.6 Å². The lowest BCUT2D eigenvalue weighted by Gasteiger charge is -2.38. The van der Waals surface area contributed by atoms with Crippen molar-refractivity contribution < 1.29 is 4.79 Å². The molecule has 0 bridgehead atoms. The zero-order valence-electron chi connectivity index (χ0n) is 14.4. The van der Waals surface area contributed by atoms with Gasteiger partial charge in [-0.3, -0.25) is 9.69 Å². The summed E-state index contributed by atoms with van der Waals surface area (Å²) < 4.78 is 0. The Kier molecular flexibility index (Phi) is 5.16. The molecular weight excluding hydrogens is 298 g/mol. The molecule has 1 amide bonds. The zero-order valence-corrected chi connectivity index (χ0v) is 14.4. The third kappa shape index (κ3) is 3.77. The molecule has 4 nitrogen and oxygen atoms in total. The molecule has 0 radical (unpaired) electrons. The van der Waals surface area contributed by atoms with E-state index in [4.69, 9.17) is 0 Å². The van der Waals surface area contributed by atoms with Crippen LogP contribution in [0.2, 0.25) is 0 Å². The number of hydrogen-bond acceptors (Lipinski definition) is 3. The van der Waals surface area contributed by atoms with Gasteiger partial charge in [0.15, 0.2) is 0 Å². The summed E-state index contributed by atoms with van der Waals surface area (Å²) in [5, 5.41) is 3.06. The average Bonchev–Trinajstić information content (AvgIpc) is 2.64. The lowest BCUT2D eigenvalue weighted by molar-refractivity contribution is -0.120. The number of anilines is 2. The van der Waals surface area contributed by atoms with Crippen molar-refractivity contribution in [2.75, 3.05) is 36.4 Å². The van der Waals surface area contributed by atoms with E-state index in [-0.39, 0.29) is 11.9 Å². The van der Waals surface area contributed by atoms with Gasteiger partial charge in [-0.2, -0.15) is 0 Å². The van der Waals surface area contributed by atoms with E-state index in [9.17, 15) is 4.79 Å². The van der Waals surface area contributed by atoms with Gasteiger partial charge in [-0.15, -0.1) is 0 Å². The standard InChI is InChI=1S/C20H25N3O/c1-16-8-6-7-11-19(16)21-20(24)17(2)22-12-14-23(15-13-22)18-9-4-3-5-10-18/h3-11,17H,12-15H2,1-2H3,(H,21,24). The Morgan fingerprint density at radius 2 is 1.58 bits per heavy atom. The summed E-state index contributed by atoms with van der Waals surface area (Å²) in [5.74, 6) is 0.0671. The fourth-order valence-corrected chi connectivity index (χ4v) is 3.12. The van der Waals surface area contributed by atoms with Gasteiger partial charge in [-0.1, -0.05) is 36.4 Å². The third-order valence-electron chi connectivity index (χ3n) is 4.77. The number of rotatable bonds is 4. The molecule has 126 valence electrons. The van der Waals surface area contributed by atoms with Crippen molar-refractivity contribution in [1.82, 2.24) is 4.90 Å². The monoisotopic (exact) mass is 323 g/mol. The van der Waals surface area contributed by atoms with Crippen molar-refractivity contribution in [3.63, 3.8) is 0 Å². The largest absolute Gasteiger partial charge is 0.369 e. The molecule has 3 rings (SSSR count). The summed E-state index contributed by atoms with van der Waals surface area (Å²) in [5.41, 5.74) is 3.25. The van der Waals surface area contributed by atoms with Gasteiger partial charge in [0.25, 0.3) is 0 Å². The summed E-state index contributed by atoms with van der Waals surface area (Å²) in [6.45, 7) is 7.71. The van der Waals surface area contributed by atoms with E-state index in [1.165, 1.54) is 5.69 Å². The molecule has 1 heterocycles. The van der Waals surface area contributed by atoms with E-state index in [2.05, 4.69) is 39.4 Å². The highest BCUT2D eigenvalue weighted by Gasteiger charge is 2.25. The molecule has 0 saturated carbocycles. The highest BCUT2D eigenvalue weighted by molar-refractivity contribution is 5.95. The Bertz CT molecular complexity index is 678. The summed E-state index contributed by atoms with van der Waals surface area (Å²) in [7, 11) is 0.